The number of carbonyl (C=O) groups is 2. The van der Waals surface area contributed by atoms with Crippen molar-refractivity contribution in [2.45, 2.75) is 19.4 Å². The third-order valence-electron chi connectivity index (χ3n) is 3.91. The Morgan fingerprint density at radius 3 is 2.19 bits per heavy atom. The molecular formula is C20H23ClN2O4. The number of benzene rings is 2. The standard InChI is InChI=1S/C20H23ClN2O4/c1-26-17-8-5-14(11-18(17)27-2)9-10-22-19(24)12-20(25)23-13-15-3-6-16(21)7-4-15/h3-8,11H,9-10,12-13H2,1-2H3,(H,22,24)(H,23,25). The van der Waals surface area contributed by atoms with Gasteiger partial charge in [0.2, 0.25) is 11.8 Å². The molecule has 0 heterocycles. The van der Waals surface area contributed by atoms with Gasteiger partial charge in [-0.25, -0.2) is 0 Å². The number of nitrogens with one attached hydrogen (secondary N) is 2. The number of ether oxygens (including phenoxy) is 2. The lowest BCUT2D eigenvalue weighted by atomic mass is 10.1. The summed E-state index contributed by atoms with van der Waals surface area (Å²) in [5.74, 6) is 0.656. The van der Waals surface area contributed by atoms with E-state index >= 15 is 0 Å². The third kappa shape index (κ3) is 6.83. The lowest BCUT2D eigenvalue weighted by Gasteiger charge is -2.10. The van der Waals surface area contributed by atoms with E-state index in [9.17, 15) is 9.59 Å². The normalized spacial score (nSPS) is 10.2. The van der Waals surface area contributed by atoms with Gasteiger partial charge in [0.05, 0.1) is 14.2 Å². The number of hydrogen-bond acceptors (Lipinski definition) is 4. The monoisotopic (exact) mass is 390 g/mol. The lowest BCUT2D eigenvalue weighted by Crippen LogP contribution is -2.32. The molecule has 2 rings (SSSR count). The zero-order valence-electron chi connectivity index (χ0n) is 15.4. The second-order valence-corrected chi connectivity index (χ2v) is 6.31. The van der Waals surface area contributed by atoms with Crippen molar-refractivity contribution in [3.8, 4) is 11.5 Å². The van der Waals surface area contributed by atoms with E-state index in [0.717, 1.165) is 11.1 Å². The first-order valence-electron chi connectivity index (χ1n) is 8.50. The molecule has 2 amide bonds. The smallest absolute Gasteiger partial charge is 0.229 e. The summed E-state index contributed by atoms with van der Waals surface area (Å²) in [5.41, 5.74) is 1.92. The van der Waals surface area contributed by atoms with E-state index in [2.05, 4.69) is 10.6 Å². The topological polar surface area (TPSA) is 76.7 Å². The Balaban J connectivity index is 1.71. The molecule has 2 N–H and O–H groups in total. The highest BCUT2D eigenvalue weighted by atomic mass is 35.5. The highest BCUT2D eigenvalue weighted by Crippen LogP contribution is 2.27. The minimum Gasteiger partial charge on any atom is -0.493 e. The molecule has 0 unspecified atom stereocenters. The maximum Gasteiger partial charge on any atom is 0.229 e. The Labute approximate surface area is 163 Å². The van der Waals surface area contributed by atoms with Crippen molar-refractivity contribution < 1.29 is 19.1 Å². The van der Waals surface area contributed by atoms with Crippen LogP contribution in [0.3, 0.4) is 0 Å². The molecule has 6 nitrogen and oxygen atoms in total. The van der Waals surface area contributed by atoms with E-state index < -0.39 is 0 Å². The number of halogens is 1. The van der Waals surface area contributed by atoms with Gasteiger partial charge in [0.15, 0.2) is 11.5 Å². The van der Waals surface area contributed by atoms with Crippen LogP contribution >= 0.6 is 11.6 Å². The van der Waals surface area contributed by atoms with E-state index in [1.54, 1.807) is 26.4 Å². The van der Waals surface area contributed by atoms with Crippen LogP contribution in [0.25, 0.3) is 0 Å². The quantitative estimate of drug-likeness (QED) is 0.645. The molecule has 0 atom stereocenters. The van der Waals surface area contributed by atoms with Gasteiger partial charge < -0.3 is 20.1 Å². The summed E-state index contributed by atoms with van der Waals surface area (Å²) in [4.78, 5) is 23.7. The van der Waals surface area contributed by atoms with E-state index in [1.807, 2.05) is 30.3 Å². The minimum atomic E-state index is -0.325. The SMILES string of the molecule is COc1ccc(CCNC(=O)CC(=O)NCc2ccc(Cl)cc2)cc1OC. The predicted molar refractivity (Wildman–Crippen MR) is 104 cm³/mol. The van der Waals surface area contributed by atoms with Crippen LogP contribution in [0.15, 0.2) is 42.5 Å². The molecular weight excluding hydrogens is 368 g/mol. The molecule has 0 aromatic heterocycles. The van der Waals surface area contributed by atoms with Gasteiger partial charge in [-0.3, -0.25) is 9.59 Å². The summed E-state index contributed by atoms with van der Waals surface area (Å²) in [6.07, 6.45) is 0.415. The van der Waals surface area contributed by atoms with Crippen LogP contribution in [-0.4, -0.2) is 32.6 Å². The van der Waals surface area contributed by atoms with Crippen molar-refractivity contribution in [1.29, 1.82) is 0 Å². The third-order valence-corrected chi connectivity index (χ3v) is 4.16. The average molecular weight is 391 g/mol. The molecule has 0 saturated carbocycles. The molecule has 0 bridgehead atoms. The molecule has 2 aromatic carbocycles. The van der Waals surface area contributed by atoms with Gasteiger partial charge in [-0.15, -0.1) is 0 Å². The van der Waals surface area contributed by atoms with Crippen LogP contribution < -0.4 is 20.1 Å². The maximum absolute atomic E-state index is 11.9. The first-order chi connectivity index (χ1) is 13.0. The van der Waals surface area contributed by atoms with E-state index in [4.69, 9.17) is 21.1 Å². The Kier molecular flexibility index (Phi) is 7.95. The second-order valence-electron chi connectivity index (χ2n) is 5.87. The Hall–Kier alpha value is -2.73. The number of methoxy groups -OCH3 is 2. The Bertz CT molecular complexity index is 778. The van der Waals surface area contributed by atoms with Crippen LogP contribution in [0.2, 0.25) is 5.02 Å². The fourth-order valence-corrected chi connectivity index (χ4v) is 2.58. The molecule has 0 fully saturated rings. The molecule has 144 valence electrons. The zero-order chi connectivity index (χ0) is 19.6. The summed E-state index contributed by atoms with van der Waals surface area (Å²) < 4.78 is 10.4. The number of rotatable bonds is 9. The molecule has 0 aliphatic carbocycles. The average Bonchev–Trinajstić information content (AvgIpc) is 2.67. The van der Waals surface area contributed by atoms with Crippen LogP contribution in [-0.2, 0) is 22.6 Å². The van der Waals surface area contributed by atoms with Gasteiger partial charge in [0, 0.05) is 18.1 Å². The van der Waals surface area contributed by atoms with Gasteiger partial charge in [0.25, 0.3) is 0 Å². The van der Waals surface area contributed by atoms with Crippen molar-refractivity contribution in [2.24, 2.45) is 0 Å². The molecule has 0 aliphatic rings. The Morgan fingerprint density at radius 1 is 0.889 bits per heavy atom. The molecule has 0 aliphatic heterocycles. The molecule has 27 heavy (non-hydrogen) atoms. The minimum absolute atomic E-state index is 0.209. The summed E-state index contributed by atoms with van der Waals surface area (Å²) in [6, 6.07) is 12.8. The highest BCUT2D eigenvalue weighted by Gasteiger charge is 2.09. The molecule has 0 saturated heterocycles. The van der Waals surface area contributed by atoms with E-state index in [0.29, 0.717) is 36.0 Å². The van der Waals surface area contributed by atoms with Gasteiger partial charge >= 0.3 is 0 Å². The van der Waals surface area contributed by atoms with E-state index in [-0.39, 0.29) is 18.2 Å². The first-order valence-corrected chi connectivity index (χ1v) is 8.88. The van der Waals surface area contributed by atoms with E-state index in [1.165, 1.54) is 0 Å². The summed E-state index contributed by atoms with van der Waals surface area (Å²) >= 11 is 5.81. The fourth-order valence-electron chi connectivity index (χ4n) is 2.46. The fraction of sp³-hybridized carbons (Fsp3) is 0.300. The van der Waals surface area contributed by atoms with Gasteiger partial charge in [-0.1, -0.05) is 29.8 Å². The van der Waals surface area contributed by atoms with Crippen molar-refractivity contribution >= 4 is 23.4 Å². The molecule has 2 aromatic rings. The van der Waals surface area contributed by atoms with Crippen LogP contribution in [0, 0.1) is 0 Å². The highest BCUT2D eigenvalue weighted by molar-refractivity contribution is 6.30. The van der Waals surface area contributed by atoms with Gasteiger partial charge in [-0.05, 0) is 41.8 Å². The summed E-state index contributed by atoms with van der Waals surface area (Å²) in [6.45, 7) is 0.785. The number of carbonyl (C=O) groups excluding carboxylic acids is 2. The Morgan fingerprint density at radius 2 is 1.52 bits per heavy atom. The molecule has 0 spiro atoms. The summed E-state index contributed by atoms with van der Waals surface area (Å²) in [5, 5.41) is 6.09. The van der Waals surface area contributed by atoms with Crippen molar-refractivity contribution in [1.82, 2.24) is 10.6 Å². The van der Waals surface area contributed by atoms with Crippen molar-refractivity contribution in [3.63, 3.8) is 0 Å². The first kappa shape index (κ1) is 20.6. The lowest BCUT2D eigenvalue weighted by molar-refractivity contribution is -0.129. The maximum atomic E-state index is 11.9. The number of amides is 2. The largest absolute Gasteiger partial charge is 0.493 e. The van der Waals surface area contributed by atoms with Crippen LogP contribution in [0.1, 0.15) is 17.5 Å². The predicted octanol–water partition coefficient (Wildman–Crippen LogP) is 2.72. The molecule has 7 heteroatoms. The van der Waals surface area contributed by atoms with Crippen LogP contribution in [0.5, 0.6) is 11.5 Å². The van der Waals surface area contributed by atoms with Gasteiger partial charge in [0.1, 0.15) is 6.42 Å². The van der Waals surface area contributed by atoms with Gasteiger partial charge in [-0.2, -0.15) is 0 Å². The second kappa shape index (κ2) is 10.4. The molecule has 0 radical (unpaired) electrons. The zero-order valence-corrected chi connectivity index (χ0v) is 16.1. The number of hydrogen-bond donors (Lipinski definition) is 2. The van der Waals surface area contributed by atoms with Crippen LogP contribution in [0.4, 0.5) is 0 Å². The van der Waals surface area contributed by atoms with Crippen molar-refractivity contribution in [3.05, 3.63) is 58.6 Å². The van der Waals surface area contributed by atoms with Crippen molar-refractivity contribution in [2.75, 3.05) is 20.8 Å². The summed E-state index contributed by atoms with van der Waals surface area (Å²) in [7, 11) is 3.15.